The Morgan fingerprint density at radius 2 is 2.13 bits per heavy atom. The van der Waals surface area contributed by atoms with Crippen LogP contribution in [0.2, 0.25) is 5.02 Å². The lowest BCUT2D eigenvalue weighted by atomic mass is 10.3. The van der Waals surface area contributed by atoms with Crippen molar-refractivity contribution in [2.45, 2.75) is 6.18 Å². The number of amides is 1. The normalized spacial score (nSPS) is 11.1. The maximum Gasteiger partial charge on any atom is 0.417 e. The molecule has 9 heteroatoms. The van der Waals surface area contributed by atoms with Gasteiger partial charge in [0, 0.05) is 18.6 Å². The first kappa shape index (κ1) is 17.0. The van der Waals surface area contributed by atoms with Crippen LogP contribution in [0.1, 0.15) is 15.9 Å². The summed E-state index contributed by atoms with van der Waals surface area (Å²) in [4.78, 5) is 19.0. The van der Waals surface area contributed by atoms with Gasteiger partial charge in [-0.05, 0) is 18.2 Å². The Morgan fingerprint density at radius 3 is 2.74 bits per heavy atom. The lowest BCUT2D eigenvalue weighted by Gasteiger charge is -2.10. The lowest BCUT2D eigenvalue weighted by molar-refractivity contribution is -0.137. The molecular weight excluding hydrogens is 335 g/mol. The van der Waals surface area contributed by atoms with Gasteiger partial charge >= 0.3 is 6.18 Å². The number of rotatable bonds is 5. The molecule has 122 valence electrons. The average molecular weight is 346 g/mol. The molecule has 0 aliphatic rings. The number of carbonyl (C=O) groups excluding carboxylic acids is 1. The van der Waals surface area contributed by atoms with E-state index in [2.05, 4.69) is 15.3 Å². The number of alkyl halides is 3. The Hall–Kier alpha value is -2.35. The van der Waals surface area contributed by atoms with Crippen LogP contribution >= 0.6 is 11.6 Å². The Morgan fingerprint density at radius 1 is 1.35 bits per heavy atom. The van der Waals surface area contributed by atoms with Crippen molar-refractivity contribution in [1.82, 2.24) is 15.3 Å². The largest absolute Gasteiger partial charge is 0.475 e. The molecule has 2 rings (SSSR count). The van der Waals surface area contributed by atoms with Gasteiger partial charge in [-0.25, -0.2) is 4.98 Å². The van der Waals surface area contributed by atoms with E-state index in [1.165, 1.54) is 12.4 Å². The standard InChI is InChI=1S/C14H11ClF3N3O2/c15-11-6-10(14(16,17)18)8-21-13(11)23-5-4-20-12(22)9-2-1-3-19-7-9/h1-3,6-8H,4-5H2,(H,20,22). The molecule has 2 aromatic rings. The van der Waals surface area contributed by atoms with Crippen LogP contribution in [-0.2, 0) is 6.18 Å². The Bertz CT molecular complexity index is 681. The highest BCUT2D eigenvalue weighted by molar-refractivity contribution is 6.31. The minimum absolute atomic E-state index is 0.00405. The van der Waals surface area contributed by atoms with Crippen LogP contribution in [0.3, 0.4) is 0 Å². The van der Waals surface area contributed by atoms with Crippen molar-refractivity contribution in [3.8, 4) is 5.88 Å². The number of hydrogen-bond acceptors (Lipinski definition) is 4. The van der Waals surface area contributed by atoms with Crippen LogP contribution in [0.4, 0.5) is 13.2 Å². The van der Waals surface area contributed by atoms with Crippen molar-refractivity contribution in [3.63, 3.8) is 0 Å². The van der Waals surface area contributed by atoms with E-state index in [0.29, 0.717) is 11.8 Å². The quantitative estimate of drug-likeness (QED) is 0.846. The van der Waals surface area contributed by atoms with Gasteiger partial charge in [-0.15, -0.1) is 0 Å². The highest BCUT2D eigenvalue weighted by Gasteiger charge is 2.31. The molecule has 0 saturated carbocycles. The second-order valence-corrected chi connectivity index (χ2v) is 4.76. The monoisotopic (exact) mass is 345 g/mol. The van der Waals surface area contributed by atoms with Crippen molar-refractivity contribution in [2.24, 2.45) is 0 Å². The summed E-state index contributed by atoms with van der Waals surface area (Å²) in [5.74, 6) is -0.469. The van der Waals surface area contributed by atoms with E-state index in [1.54, 1.807) is 12.1 Å². The van der Waals surface area contributed by atoms with E-state index in [1.807, 2.05) is 0 Å². The van der Waals surface area contributed by atoms with Gasteiger partial charge in [-0.1, -0.05) is 11.6 Å². The van der Waals surface area contributed by atoms with E-state index in [4.69, 9.17) is 16.3 Å². The van der Waals surface area contributed by atoms with Crippen LogP contribution in [0.5, 0.6) is 5.88 Å². The van der Waals surface area contributed by atoms with E-state index >= 15 is 0 Å². The summed E-state index contributed by atoms with van der Waals surface area (Å²) < 4.78 is 42.5. The number of ether oxygens (including phenoxy) is 1. The SMILES string of the molecule is O=C(NCCOc1ncc(C(F)(F)F)cc1Cl)c1cccnc1. The van der Waals surface area contributed by atoms with Gasteiger partial charge in [0.25, 0.3) is 5.91 Å². The van der Waals surface area contributed by atoms with Crippen molar-refractivity contribution >= 4 is 17.5 Å². The van der Waals surface area contributed by atoms with Crippen molar-refractivity contribution in [1.29, 1.82) is 0 Å². The number of hydrogen-bond donors (Lipinski definition) is 1. The third-order valence-corrected chi connectivity index (χ3v) is 2.96. The number of halogens is 4. The molecule has 1 N–H and O–H groups in total. The summed E-state index contributed by atoms with van der Waals surface area (Å²) in [7, 11) is 0. The molecule has 0 aliphatic heterocycles. The van der Waals surface area contributed by atoms with Gasteiger partial charge in [-0.3, -0.25) is 9.78 Å². The van der Waals surface area contributed by atoms with E-state index < -0.39 is 11.7 Å². The van der Waals surface area contributed by atoms with Crippen LogP contribution in [0.25, 0.3) is 0 Å². The third kappa shape index (κ3) is 4.82. The molecule has 2 heterocycles. The molecule has 0 bridgehead atoms. The molecule has 0 unspecified atom stereocenters. The second-order valence-electron chi connectivity index (χ2n) is 4.35. The van der Waals surface area contributed by atoms with Crippen LogP contribution < -0.4 is 10.1 Å². The van der Waals surface area contributed by atoms with E-state index in [0.717, 1.165) is 6.07 Å². The first-order chi connectivity index (χ1) is 10.9. The zero-order chi connectivity index (χ0) is 16.9. The van der Waals surface area contributed by atoms with Crippen LogP contribution in [0, 0.1) is 0 Å². The molecule has 0 fully saturated rings. The number of carbonyl (C=O) groups is 1. The topological polar surface area (TPSA) is 64.1 Å². The molecule has 0 spiro atoms. The number of pyridine rings is 2. The maximum atomic E-state index is 12.5. The smallest absolute Gasteiger partial charge is 0.417 e. The summed E-state index contributed by atoms with van der Waals surface area (Å²) in [5.41, 5.74) is -0.571. The summed E-state index contributed by atoms with van der Waals surface area (Å²) >= 11 is 5.69. The van der Waals surface area contributed by atoms with Gasteiger partial charge in [-0.2, -0.15) is 13.2 Å². The highest BCUT2D eigenvalue weighted by atomic mass is 35.5. The molecule has 5 nitrogen and oxygen atoms in total. The Balaban J connectivity index is 1.84. The molecule has 2 aromatic heterocycles. The fourth-order valence-corrected chi connectivity index (χ4v) is 1.82. The first-order valence-electron chi connectivity index (χ1n) is 6.41. The second kappa shape index (κ2) is 7.28. The van der Waals surface area contributed by atoms with Crippen LogP contribution in [0.15, 0.2) is 36.8 Å². The molecule has 0 aromatic carbocycles. The molecule has 23 heavy (non-hydrogen) atoms. The number of aromatic nitrogens is 2. The van der Waals surface area contributed by atoms with Crippen molar-refractivity contribution < 1.29 is 22.7 Å². The Kier molecular flexibility index (Phi) is 5.38. The highest BCUT2D eigenvalue weighted by Crippen LogP contribution is 2.32. The fourth-order valence-electron chi connectivity index (χ4n) is 1.60. The fraction of sp³-hybridized carbons (Fsp3) is 0.214. The molecule has 0 aliphatic carbocycles. The third-order valence-electron chi connectivity index (χ3n) is 2.68. The maximum absolute atomic E-state index is 12.5. The summed E-state index contributed by atoms with van der Waals surface area (Å²) in [5, 5.41) is 2.32. The van der Waals surface area contributed by atoms with Gasteiger partial charge in [0.15, 0.2) is 0 Å². The summed E-state index contributed by atoms with van der Waals surface area (Å²) in [6.07, 6.45) is -0.940. The minimum atomic E-state index is -4.52. The molecule has 0 radical (unpaired) electrons. The van der Waals surface area contributed by atoms with E-state index in [-0.39, 0.29) is 30.0 Å². The van der Waals surface area contributed by atoms with Gasteiger partial charge < -0.3 is 10.1 Å². The van der Waals surface area contributed by atoms with E-state index in [9.17, 15) is 18.0 Å². The molecular formula is C14H11ClF3N3O2. The van der Waals surface area contributed by atoms with Crippen molar-refractivity contribution in [2.75, 3.05) is 13.2 Å². The van der Waals surface area contributed by atoms with Crippen LogP contribution in [-0.4, -0.2) is 29.0 Å². The average Bonchev–Trinajstić information content (AvgIpc) is 2.52. The zero-order valence-corrected chi connectivity index (χ0v) is 12.4. The zero-order valence-electron chi connectivity index (χ0n) is 11.6. The summed E-state index contributed by atoms with van der Waals surface area (Å²) in [6.45, 7) is 0.136. The van der Waals surface area contributed by atoms with Crippen molar-refractivity contribution in [3.05, 3.63) is 52.9 Å². The first-order valence-corrected chi connectivity index (χ1v) is 6.79. The van der Waals surface area contributed by atoms with Gasteiger partial charge in [0.2, 0.25) is 5.88 Å². The number of nitrogens with zero attached hydrogens (tertiary/aromatic N) is 2. The minimum Gasteiger partial charge on any atom is -0.475 e. The van der Waals surface area contributed by atoms with Gasteiger partial charge in [0.1, 0.15) is 11.6 Å². The predicted octanol–water partition coefficient (Wildman–Crippen LogP) is 2.96. The molecule has 0 saturated heterocycles. The predicted molar refractivity (Wildman–Crippen MR) is 76.3 cm³/mol. The summed E-state index contributed by atoms with van der Waals surface area (Å²) in [6, 6.07) is 3.95. The molecule has 1 amide bonds. The number of nitrogens with one attached hydrogen (secondary N) is 1. The molecule has 0 atom stereocenters. The Labute approximate surface area is 134 Å². The lowest BCUT2D eigenvalue weighted by Crippen LogP contribution is -2.28. The van der Waals surface area contributed by atoms with Gasteiger partial charge in [0.05, 0.1) is 17.7 Å².